The monoisotopic (exact) mass is 247 g/mol. The van der Waals surface area contributed by atoms with E-state index in [0.717, 1.165) is 6.42 Å². The SMILES string of the molecule is CCCN(CCO)C(=O)Nc1ccccc1C#N. The predicted octanol–water partition coefficient (Wildman–Crippen LogP) is 1.79. The highest BCUT2D eigenvalue weighted by Crippen LogP contribution is 2.14. The van der Waals surface area contributed by atoms with Crippen LogP contribution >= 0.6 is 0 Å². The Morgan fingerprint density at radius 1 is 1.44 bits per heavy atom. The van der Waals surface area contributed by atoms with Gasteiger partial charge in [-0.15, -0.1) is 0 Å². The number of carbonyl (C=O) groups excluding carboxylic acids is 1. The number of anilines is 1. The Bertz CT molecular complexity index is 434. The van der Waals surface area contributed by atoms with Gasteiger partial charge in [-0.05, 0) is 18.6 Å². The maximum absolute atomic E-state index is 12.0. The molecule has 0 heterocycles. The molecule has 5 nitrogen and oxygen atoms in total. The van der Waals surface area contributed by atoms with Crippen molar-refractivity contribution in [1.82, 2.24) is 4.90 Å². The number of para-hydroxylation sites is 1. The number of rotatable bonds is 5. The molecule has 5 heteroatoms. The fourth-order valence-corrected chi connectivity index (χ4v) is 1.59. The number of hydrogen-bond acceptors (Lipinski definition) is 3. The van der Waals surface area contributed by atoms with Crippen molar-refractivity contribution in [2.75, 3.05) is 25.0 Å². The van der Waals surface area contributed by atoms with Crippen LogP contribution in [0.3, 0.4) is 0 Å². The lowest BCUT2D eigenvalue weighted by Gasteiger charge is -2.21. The Labute approximate surface area is 107 Å². The highest BCUT2D eigenvalue weighted by atomic mass is 16.3. The number of carbonyl (C=O) groups is 1. The van der Waals surface area contributed by atoms with E-state index >= 15 is 0 Å². The lowest BCUT2D eigenvalue weighted by atomic mass is 10.2. The van der Waals surface area contributed by atoms with Gasteiger partial charge in [0.25, 0.3) is 0 Å². The number of hydrogen-bond donors (Lipinski definition) is 2. The fraction of sp³-hybridized carbons (Fsp3) is 0.385. The van der Waals surface area contributed by atoms with Gasteiger partial charge in [0.1, 0.15) is 6.07 Å². The molecule has 0 saturated carbocycles. The normalized spacial score (nSPS) is 9.61. The van der Waals surface area contributed by atoms with E-state index in [1.807, 2.05) is 13.0 Å². The summed E-state index contributed by atoms with van der Waals surface area (Å²) in [6.45, 7) is 2.74. The van der Waals surface area contributed by atoms with E-state index in [9.17, 15) is 4.79 Å². The molecule has 96 valence electrons. The van der Waals surface area contributed by atoms with E-state index in [0.29, 0.717) is 17.8 Å². The van der Waals surface area contributed by atoms with E-state index in [1.54, 1.807) is 24.3 Å². The van der Waals surface area contributed by atoms with Gasteiger partial charge in [0, 0.05) is 13.1 Å². The van der Waals surface area contributed by atoms with Crippen LogP contribution in [0, 0.1) is 11.3 Å². The van der Waals surface area contributed by atoms with Crippen molar-refractivity contribution in [3.63, 3.8) is 0 Å². The van der Waals surface area contributed by atoms with Crippen molar-refractivity contribution in [2.24, 2.45) is 0 Å². The molecule has 0 atom stereocenters. The molecule has 0 saturated heterocycles. The van der Waals surface area contributed by atoms with E-state index in [2.05, 4.69) is 5.32 Å². The lowest BCUT2D eigenvalue weighted by Crippen LogP contribution is -2.37. The summed E-state index contributed by atoms with van der Waals surface area (Å²) < 4.78 is 0. The second-order valence-corrected chi connectivity index (χ2v) is 3.80. The first-order valence-electron chi connectivity index (χ1n) is 5.88. The summed E-state index contributed by atoms with van der Waals surface area (Å²) in [7, 11) is 0. The number of nitrogens with zero attached hydrogens (tertiary/aromatic N) is 2. The average Bonchev–Trinajstić information content (AvgIpc) is 2.39. The Balaban J connectivity index is 2.76. The molecule has 18 heavy (non-hydrogen) atoms. The van der Waals surface area contributed by atoms with Gasteiger partial charge in [-0.25, -0.2) is 4.79 Å². The minimum Gasteiger partial charge on any atom is -0.395 e. The van der Waals surface area contributed by atoms with Crippen LogP contribution in [0.15, 0.2) is 24.3 Å². The third kappa shape index (κ3) is 3.75. The summed E-state index contributed by atoms with van der Waals surface area (Å²) in [5, 5.41) is 20.5. The first-order chi connectivity index (χ1) is 8.72. The minimum absolute atomic E-state index is 0.0761. The van der Waals surface area contributed by atoms with Crippen molar-refractivity contribution < 1.29 is 9.90 Å². The summed E-state index contributed by atoms with van der Waals surface area (Å²) in [5.74, 6) is 0. The zero-order valence-electron chi connectivity index (χ0n) is 10.4. The van der Waals surface area contributed by atoms with Crippen molar-refractivity contribution in [3.8, 4) is 6.07 Å². The van der Waals surface area contributed by atoms with Crippen LogP contribution in [0.1, 0.15) is 18.9 Å². The molecule has 0 unspecified atom stereocenters. The summed E-state index contributed by atoms with van der Waals surface area (Å²) in [5.41, 5.74) is 0.912. The Hall–Kier alpha value is -2.06. The van der Waals surface area contributed by atoms with Gasteiger partial charge in [0.15, 0.2) is 0 Å². The molecule has 0 aliphatic heterocycles. The topological polar surface area (TPSA) is 76.4 Å². The summed E-state index contributed by atoms with van der Waals surface area (Å²) in [6.07, 6.45) is 0.813. The maximum atomic E-state index is 12.0. The van der Waals surface area contributed by atoms with Crippen molar-refractivity contribution in [1.29, 1.82) is 5.26 Å². The number of nitrogens with one attached hydrogen (secondary N) is 1. The molecule has 0 aromatic heterocycles. The zero-order chi connectivity index (χ0) is 13.4. The average molecular weight is 247 g/mol. The number of urea groups is 1. The molecule has 0 radical (unpaired) electrons. The fourth-order valence-electron chi connectivity index (χ4n) is 1.59. The number of aliphatic hydroxyl groups excluding tert-OH is 1. The maximum Gasteiger partial charge on any atom is 0.321 e. The van der Waals surface area contributed by atoms with Gasteiger partial charge in [0.2, 0.25) is 0 Å². The summed E-state index contributed by atoms with van der Waals surface area (Å²) in [4.78, 5) is 13.5. The molecule has 1 aromatic carbocycles. The molecular formula is C13H17N3O2. The van der Waals surface area contributed by atoms with Crippen molar-refractivity contribution in [2.45, 2.75) is 13.3 Å². The smallest absolute Gasteiger partial charge is 0.321 e. The third-order valence-corrected chi connectivity index (χ3v) is 2.44. The van der Waals surface area contributed by atoms with E-state index in [1.165, 1.54) is 4.90 Å². The largest absolute Gasteiger partial charge is 0.395 e. The highest BCUT2D eigenvalue weighted by molar-refractivity contribution is 5.90. The quantitative estimate of drug-likeness (QED) is 0.832. The van der Waals surface area contributed by atoms with E-state index in [-0.39, 0.29) is 19.2 Å². The molecule has 0 aliphatic rings. The Morgan fingerprint density at radius 3 is 2.78 bits per heavy atom. The lowest BCUT2D eigenvalue weighted by molar-refractivity contribution is 0.188. The van der Waals surface area contributed by atoms with Crippen LogP contribution in [-0.2, 0) is 0 Å². The number of aliphatic hydroxyl groups is 1. The number of amides is 2. The van der Waals surface area contributed by atoms with Gasteiger partial charge in [-0.3, -0.25) is 0 Å². The van der Waals surface area contributed by atoms with Crippen LogP contribution in [-0.4, -0.2) is 35.7 Å². The van der Waals surface area contributed by atoms with Crippen LogP contribution in [0.25, 0.3) is 0 Å². The van der Waals surface area contributed by atoms with Crippen LogP contribution in [0.2, 0.25) is 0 Å². The molecule has 1 rings (SSSR count). The number of benzene rings is 1. The van der Waals surface area contributed by atoms with Crippen LogP contribution in [0.4, 0.5) is 10.5 Å². The van der Waals surface area contributed by atoms with Gasteiger partial charge >= 0.3 is 6.03 Å². The second-order valence-electron chi connectivity index (χ2n) is 3.80. The van der Waals surface area contributed by atoms with Crippen LogP contribution in [0.5, 0.6) is 0 Å². The Kier molecular flexibility index (Phi) is 5.68. The molecule has 2 amide bonds. The predicted molar refractivity (Wildman–Crippen MR) is 69.1 cm³/mol. The third-order valence-electron chi connectivity index (χ3n) is 2.44. The van der Waals surface area contributed by atoms with E-state index < -0.39 is 0 Å². The molecule has 2 N–H and O–H groups in total. The second kappa shape index (κ2) is 7.30. The number of nitriles is 1. The minimum atomic E-state index is -0.298. The van der Waals surface area contributed by atoms with Crippen molar-refractivity contribution in [3.05, 3.63) is 29.8 Å². The molecule has 0 spiro atoms. The van der Waals surface area contributed by atoms with Crippen molar-refractivity contribution >= 4 is 11.7 Å². The molecule has 0 fully saturated rings. The van der Waals surface area contributed by atoms with Gasteiger partial charge < -0.3 is 15.3 Å². The molecular weight excluding hydrogens is 230 g/mol. The first kappa shape index (κ1) is 14.0. The van der Waals surface area contributed by atoms with Crippen LogP contribution < -0.4 is 5.32 Å². The summed E-state index contributed by atoms with van der Waals surface area (Å²) >= 11 is 0. The zero-order valence-corrected chi connectivity index (χ0v) is 10.4. The first-order valence-corrected chi connectivity index (χ1v) is 5.88. The standard InChI is InChI=1S/C13H17N3O2/c1-2-7-16(8-9-17)13(18)15-12-6-4-3-5-11(12)10-14/h3-6,17H,2,7-9H2,1H3,(H,15,18). The molecule has 1 aromatic rings. The Morgan fingerprint density at radius 2 is 2.17 bits per heavy atom. The molecule has 0 aliphatic carbocycles. The van der Waals surface area contributed by atoms with Gasteiger partial charge in [-0.2, -0.15) is 5.26 Å². The molecule has 0 bridgehead atoms. The highest BCUT2D eigenvalue weighted by Gasteiger charge is 2.13. The van der Waals surface area contributed by atoms with Gasteiger partial charge in [0.05, 0.1) is 17.9 Å². The van der Waals surface area contributed by atoms with Gasteiger partial charge in [-0.1, -0.05) is 19.1 Å². The summed E-state index contributed by atoms with van der Waals surface area (Å²) in [6, 6.07) is 8.55. The van der Waals surface area contributed by atoms with E-state index in [4.69, 9.17) is 10.4 Å².